The van der Waals surface area contributed by atoms with Crippen molar-refractivity contribution in [1.82, 2.24) is 0 Å². The first-order valence-electron chi connectivity index (χ1n) is 6.42. The number of rotatable bonds is 5. The molecule has 0 radical (unpaired) electrons. The molecule has 0 saturated carbocycles. The molecule has 0 aliphatic heterocycles. The summed E-state index contributed by atoms with van der Waals surface area (Å²) in [5, 5.41) is 0. The van der Waals surface area contributed by atoms with Crippen LogP contribution in [0.5, 0.6) is 11.5 Å². The molecule has 0 unspecified atom stereocenters. The average molecular weight is 336 g/mol. The molecule has 0 spiro atoms. The van der Waals surface area contributed by atoms with Crippen LogP contribution in [-0.2, 0) is 6.61 Å². The number of hydrogen-bond donors (Lipinski definition) is 1. The molecule has 2 rings (SSSR count). The third-order valence-electron chi connectivity index (χ3n) is 3.04. The topological polar surface area (TPSA) is 44.5 Å². The summed E-state index contributed by atoms with van der Waals surface area (Å²) in [4.78, 5) is 0. The highest BCUT2D eigenvalue weighted by atomic mass is 79.9. The Morgan fingerprint density at radius 2 is 1.80 bits per heavy atom. The zero-order valence-corrected chi connectivity index (χ0v) is 13.2. The van der Waals surface area contributed by atoms with Crippen LogP contribution in [-0.4, -0.2) is 7.11 Å². The lowest BCUT2D eigenvalue weighted by atomic mass is 10.1. The smallest absolute Gasteiger partial charge is 0.128 e. The van der Waals surface area contributed by atoms with Crippen LogP contribution < -0.4 is 15.2 Å². The Morgan fingerprint density at radius 3 is 2.45 bits per heavy atom. The summed E-state index contributed by atoms with van der Waals surface area (Å²) >= 11 is 3.52. The van der Waals surface area contributed by atoms with Gasteiger partial charge in [0.25, 0.3) is 0 Å². The Kier molecular flexibility index (Phi) is 5.04. The second-order valence-electron chi connectivity index (χ2n) is 4.54. The van der Waals surface area contributed by atoms with E-state index in [4.69, 9.17) is 15.2 Å². The van der Waals surface area contributed by atoms with Gasteiger partial charge in [-0.2, -0.15) is 0 Å². The second-order valence-corrected chi connectivity index (χ2v) is 5.40. The molecule has 0 aliphatic rings. The highest BCUT2D eigenvalue weighted by molar-refractivity contribution is 9.10. The van der Waals surface area contributed by atoms with Gasteiger partial charge in [-0.05, 0) is 25.1 Å². The number of methoxy groups -OCH3 is 1. The maximum atomic E-state index is 6.02. The van der Waals surface area contributed by atoms with E-state index in [1.165, 1.54) is 0 Å². The normalized spacial score (nSPS) is 12.0. The fraction of sp³-hybridized carbons (Fsp3) is 0.250. The number of nitrogens with two attached hydrogens (primary N) is 1. The number of hydrogen-bond acceptors (Lipinski definition) is 3. The van der Waals surface area contributed by atoms with Gasteiger partial charge in [-0.15, -0.1) is 0 Å². The van der Waals surface area contributed by atoms with Gasteiger partial charge in [0.1, 0.15) is 18.1 Å². The fourth-order valence-electron chi connectivity index (χ4n) is 2.05. The van der Waals surface area contributed by atoms with Gasteiger partial charge >= 0.3 is 0 Å². The largest absolute Gasteiger partial charge is 0.496 e. The van der Waals surface area contributed by atoms with E-state index >= 15 is 0 Å². The van der Waals surface area contributed by atoms with Gasteiger partial charge in [0.2, 0.25) is 0 Å². The summed E-state index contributed by atoms with van der Waals surface area (Å²) in [5.41, 5.74) is 8.00. The monoisotopic (exact) mass is 335 g/mol. The molecule has 0 bridgehead atoms. The zero-order valence-electron chi connectivity index (χ0n) is 11.6. The number of halogens is 1. The van der Waals surface area contributed by atoms with Gasteiger partial charge < -0.3 is 15.2 Å². The van der Waals surface area contributed by atoms with E-state index < -0.39 is 0 Å². The first-order valence-corrected chi connectivity index (χ1v) is 7.21. The molecule has 0 aromatic heterocycles. The molecule has 0 fully saturated rings. The van der Waals surface area contributed by atoms with Crippen molar-refractivity contribution in [3.05, 3.63) is 58.1 Å². The summed E-state index contributed by atoms with van der Waals surface area (Å²) < 4.78 is 12.3. The highest BCUT2D eigenvalue weighted by Gasteiger charge is 2.14. The predicted molar refractivity (Wildman–Crippen MR) is 84.1 cm³/mol. The summed E-state index contributed by atoms with van der Waals surface area (Å²) in [7, 11) is 1.64. The molecular weight excluding hydrogens is 318 g/mol. The Hall–Kier alpha value is -1.52. The average Bonchev–Trinajstić information content (AvgIpc) is 2.45. The Bertz CT molecular complexity index is 584. The molecule has 2 N–H and O–H groups in total. The van der Waals surface area contributed by atoms with E-state index in [1.54, 1.807) is 7.11 Å². The van der Waals surface area contributed by atoms with Gasteiger partial charge in [0.05, 0.1) is 12.7 Å². The minimum absolute atomic E-state index is 0.152. The van der Waals surface area contributed by atoms with Crippen LogP contribution in [0.1, 0.15) is 24.1 Å². The summed E-state index contributed by atoms with van der Waals surface area (Å²) in [6.07, 6.45) is 0. The SMILES string of the molecule is COc1cccc(OCc2ccccc2Br)c1[C@@H](C)N. The van der Waals surface area contributed by atoms with Crippen molar-refractivity contribution in [3.8, 4) is 11.5 Å². The molecule has 0 heterocycles. The minimum Gasteiger partial charge on any atom is -0.496 e. The van der Waals surface area contributed by atoms with Gasteiger partial charge in [0, 0.05) is 16.1 Å². The van der Waals surface area contributed by atoms with E-state index in [-0.39, 0.29) is 6.04 Å². The van der Waals surface area contributed by atoms with Crippen LogP contribution in [0.15, 0.2) is 46.9 Å². The van der Waals surface area contributed by atoms with Crippen molar-refractivity contribution in [2.75, 3.05) is 7.11 Å². The molecule has 0 aliphatic carbocycles. The molecular formula is C16H18BrNO2. The Morgan fingerprint density at radius 1 is 1.10 bits per heavy atom. The van der Waals surface area contributed by atoms with Crippen LogP contribution in [0, 0.1) is 0 Å². The van der Waals surface area contributed by atoms with Gasteiger partial charge in [0.15, 0.2) is 0 Å². The van der Waals surface area contributed by atoms with Crippen LogP contribution in [0.4, 0.5) is 0 Å². The van der Waals surface area contributed by atoms with Gasteiger partial charge in [-0.1, -0.05) is 40.2 Å². The quantitative estimate of drug-likeness (QED) is 0.896. The lowest BCUT2D eigenvalue weighted by molar-refractivity contribution is 0.297. The maximum absolute atomic E-state index is 6.02. The van der Waals surface area contributed by atoms with Crippen molar-refractivity contribution in [1.29, 1.82) is 0 Å². The summed E-state index contributed by atoms with van der Waals surface area (Å²) in [6.45, 7) is 2.40. The van der Waals surface area contributed by atoms with Crippen LogP contribution in [0.3, 0.4) is 0 Å². The molecule has 20 heavy (non-hydrogen) atoms. The van der Waals surface area contributed by atoms with Crippen molar-refractivity contribution >= 4 is 15.9 Å². The van der Waals surface area contributed by atoms with Crippen molar-refractivity contribution in [2.24, 2.45) is 5.73 Å². The zero-order chi connectivity index (χ0) is 14.5. The van der Waals surface area contributed by atoms with Gasteiger partial charge in [-0.3, -0.25) is 0 Å². The van der Waals surface area contributed by atoms with E-state index in [0.717, 1.165) is 27.1 Å². The third-order valence-corrected chi connectivity index (χ3v) is 3.82. The van der Waals surface area contributed by atoms with Crippen LogP contribution in [0.2, 0.25) is 0 Å². The van der Waals surface area contributed by atoms with Crippen molar-refractivity contribution < 1.29 is 9.47 Å². The molecule has 3 nitrogen and oxygen atoms in total. The van der Waals surface area contributed by atoms with E-state index in [1.807, 2.05) is 49.4 Å². The molecule has 1 atom stereocenters. The van der Waals surface area contributed by atoms with Crippen molar-refractivity contribution in [3.63, 3.8) is 0 Å². The standard InChI is InChI=1S/C16H18BrNO2/c1-11(18)16-14(19-2)8-5-9-15(16)20-10-12-6-3-4-7-13(12)17/h3-9,11H,10,18H2,1-2H3/t11-/m1/s1. The molecule has 2 aromatic carbocycles. The molecule has 2 aromatic rings. The predicted octanol–water partition coefficient (Wildman–Crippen LogP) is 4.06. The lowest BCUT2D eigenvalue weighted by Gasteiger charge is -2.17. The molecule has 106 valence electrons. The number of ether oxygens (including phenoxy) is 2. The Labute approximate surface area is 127 Å². The Balaban J connectivity index is 2.24. The maximum Gasteiger partial charge on any atom is 0.128 e. The van der Waals surface area contributed by atoms with Gasteiger partial charge in [-0.25, -0.2) is 0 Å². The first-order chi connectivity index (χ1) is 9.63. The third kappa shape index (κ3) is 3.32. The summed E-state index contributed by atoms with van der Waals surface area (Å²) in [6, 6.07) is 13.5. The van der Waals surface area contributed by atoms with Crippen molar-refractivity contribution in [2.45, 2.75) is 19.6 Å². The highest BCUT2D eigenvalue weighted by Crippen LogP contribution is 2.33. The fourth-order valence-corrected chi connectivity index (χ4v) is 2.45. The van der Waals surface area contributed by atoms with E-state index in [0.29, 0.717) is 6.61 Å². The summed E-state index contributed by atoms with van der Waals surface area (Å²) in [5.74, 6) is 1.51. The first kappa shape index (κ1) is 14.9. The molecule has 0 saturated heterocycles. The molecule has 0 amide bonds. The van der Waals surface area contributed by atoms with E-state index in [9.17, 15) is 0 Å². The van der Waals surface area contributed by atoms with Crippen LogP contribution >= 0.6 is 15.9 Å². The van der Waals surface area contributed by atoms with Crippen LogP contribution in [0.25, 0.3) is 0 Å². The number of benzene rings is 2. The minimum atomic E-state index is -0.152. The lowest BCUT2D eigenvalue weighted by Crippen LogP contribution is -2.10. The molecule has 4 heteroatoms. The second kappa shape index (κ2) is 6.77. The van der Waals surface area contributed by atoms with E-state index in [2.05, 4.69) is 15.9 Å².